The first-order valence-corrected chi connectivity index (χ1v) is 18.8. The first kappa shape index (κ1) is 39.2. The van der Waals surface area contributed by atoms with Crippen LogP contribution in [-0.2, 0) is 16.2 Å². The number of carbonyl (C=O) groups is 3. The Morgan fingerprint density at radius 1 is 0.714 bits per heavy atom. The Morgan fingerprint density at radius 3 is 2.05 bits per heavy atom. The number of ether oxygens (including phenoxy) is 3. The summed E-state index contributed by atoms with van der Waals surface area (Å²) < 4.78 is 16.7. The smallest absolute Gasteiger partial charge is 0.272 e. The minimum absolute atomic E-state index is 0.0310. The number of carbonyl (C=O) groups excluding carboxylic acids is 3. The number of methoxy groups -OCH3 is 2. The quantitative estimate of drug-likeness (QED) is 0.0702. The number of benzene rings is 6. The minimum atomic E-state index is -0.701. The van der Waals surface area contributed by atoms with E-state index < -0.39 is 17.1 Å². The van der Waals surface area contributed by atoms with Crippen LogP contribution >= 0.6 is 23.4 Å². The van der Waals surface area contributed by atoms with E-state index in [1.165, 1.54) is 26.0 Å². The van der Waals surface area contributed by atoms with Crippen LogP contribution in [0.15, 0.2) is 162 Å². The van der Waals surface area contributed by atoms with E-state index in [1.54, 1.807) is 60.7 Å². The molecule has 0 saturated heterocycles. The van der Waals surface area contributed by atoms with Gasteiger partial charge in [-0.2, -0.15) is 0 Å². The minimum Gasteiger partial charge on any atom is -0.495 e. The number of thioether (sulfide) groups is 1. The van der Waals surface area contributed by atoms with Crippen molar-refractivity contribution < 1.29 is 28.6 Å². The second kappa shape index (κ2) is 19.2. The predicted octanol–water partition coefficient (Wildman–Crippen LogP) is 9.82. The monoisotopic (exact) mass is 783 g/mol. The Balaban J connectivity index is 1.22. The van der Waals surface area contributed by atoms with Gasteiger partial charge in [0.05, 0.1) is 24.9 Å². The van der Waals surface area contributed by atoms with Crippen molar-refractivity contribution in [1.29, 1.82) is 0 Å². The molecule has 0 spiro atoms. The molecular formula is C45H38ClN3O6S. The molecule has 3 amide bonds. The first-order valence-electron chi connectivity index (χ1n) is 17.5. The highest BCUT2D eigenvalue weighted by atomic mass is 35.5. The highest BCUT2D eigenvalue weighted by Crippen LogP contribution is 2.40. The lowest BCUT2D eigenvalue weighted by Gasteiger charge is -2.19. The van der Waals surface area contributed by atoms with Gasteiger partial charge in [-0.05, 0) is 71.3 Å². The van der Waals surface area contributed by atoms with Crippen LogP contribution < -0.4 is 30.2 Å². The van der Waals surface area contributed by atoms with Crippen LogP contribution in [0.25, 0.3) is 6.08 Å². The molecule has 3 N–H and O–H groups in total. The normalized spacial score (nSPS) is 11.5. The SMILES string of the molecule is COc1cc(OC)c(NC(=O)C(Sc2cccc(NC(=O)/C(=C\c3ccc(OCc4ccccc4)cc3)NC(=O)c3ccccc3)c2)c2ccccc2)cc1Cl. The summed E-state index contributed by atoms with van der Waals surface area (Å²) in [6, 6.07) is 45.4. The molecule has 6 aromatic carbocycles. The highest BCUT2D eigenvalue weighted by Gasteiger charge is 2.24. The van der Waals surface area contributed by atoms with Crippen molar-refractivity contribution in [3.63, 3.8) is 0 Å². The fraction of sp³-hybridized carbons (Fsp3) is 0.0889. The molecule has 0 saturated carbocycles. The topological polar surface area (TPSA) is 115 Å². The molecule has 9 nitrogen and oxygen atoms in total. The number of hydrogen-bond donors (Lipinski definition) is 3. The third kappa shape index (κ3) is 10.6. The van der Waals surface area contributed by atoms with Gasteiger partial charge in [0.2, 0.25) is 5.91 Å². The highest BCUT2D eigenvalue weighted by molar-refractivity contribution is 8.00. The van der Waals surface area contributed by atoms with Crippen LogP contribution in [0.4, 0.5) is 11.4 Å². The zero-order valence-corrected chi connectivity index (χ0v) is 32.1. The Morgan fingerprint density at radius 2 is 1.38 bits per heavy atom. The van der Waals surface area contributed by atoms with E-state index in [1.807, 2.05) is 97.1 Å². The average Bonchev–Trinajstić information content (AvgIpc) is 3.23. The van der Waals surface area contributed by atoms with Gasteiger partial charge >= 0.3 is 0 Å². The molecule has 0 aliphatic heterocycles. The summed E-state index contributed by atoms with van der Waals surface area (Å²) in [5.74, 6) is 0.160. The third-order valence-corrected chi connectivity index (χ3v) is 9.93. The van der Waals surface area contributed by atoms with E-state index in [9.17, 15) is 14.4 Å². The zero-order chi connectivity index (χ0) is 39.3. The molecule has 0 fully saturated rings. The number of nitrogens with one attached hydrogen (secondary N) is 3. The molecule has 6 rings (SSSR count). The second-order valence-electron chi connectivity index (χ2n) is 12.3. The van der Waals surface area contributed by atoms with Gasteiger partial charge in [-0.3, -0.25) is 14.4 Å². The van der Waals surface area contributed by atoms with Crippen LogP contribution in [0, 0.1) is 0 Å². The van der Waals surface area contributed by atoms with Crippen LogP contribution in [0.2, 0.25) is 5.02 Å². The van der Waals surface area contributed by atoms with Gasteiger partial charge < -0.3 is 30.2 Å². The average molecular weight is 784 g/mol. The first-order chi connectivity index (χ1) is 27.3. The number of rotatable bonds is 15. The maximum Gasteiger partial charge on any atom is 0.272 e. The molecule has 282 valence electrons. The summed E-state index contributed by atoms with van der Waals surface area (Å²) in [5.41, 5.74) is 3.75. The molecule has 56 heavy (non-hydrogen) atoms. The molecular weight excluding hydrogens is 746 g/mol. The molecule has 0 heterocycles. The summed E-state index contributed by atoms with van der Waals surface area (Å²) in [6.07, 6.45) is 1.60. The van der Waals surface area contributed by atoms with Crippen molar-refractivity contribution in [2.45, 2.75) is 16.8 Å². The predicted molar refractivity (Wildman–Crippen MR) is 222 cm³/mol. The molecule has 0 aromatic heterocycles. The zero-order valence-electron chi connectivity index (χ0n) is 30.5. The lowest BCUT2D eigenvalue weighted by atomic mass is 10.1. The summed E-state index contributed by atoms with van der Waals surface area (Å²) >= 11 is 7.69. The van der Waals surface area contributed by atoms with Crippen LogP contribution in [-0.4, -0.2) is 31.9 Å². The summed E-state index contributed by atoms with van der Waals surface area (Å²) in [7, 11) is 2.99. The molecule has 1 unspecified atom stereocenters. The van der Waals surface area contributed by atoms with E-state index in [-0.39, 0.29) is 11.6 Å². The number of halogens is 1. The molecule has 0 aliphatic carbocycles. The maximum absolute atomic E-state index is 13.9. The Kier molecular flexibility index (Phi) is 13.4. The number of amides is 3. The van der Waals surface area contributed by atoms with E-state index in [0.29, 0.717) is 56.3 Å². The van der Waals surface area contributed by atoms with E-state index >= 15 is 0 Å². The maximum atomic E-state index is 13.9. The van der Waals surface area contributed by atoms with Gasteiger partial charge in [-0.15, -0.1) is 11.8 Å². The Bertz CT molecular complexity index is 2310. The summed E-state index contributed by atoms with van der Waals surface area (Å²) in [6.45, 7) is 0.414. The van der Waals surface area contributed by atoms with Gasteiger partial charge in [0, 0.05) is 22.2 Å². The third-order valence-electron chi connectivity index (χ3n) is 8.39. The molecule has 0 radical (unpaired) electrons. The number of anilines is 2. The molecule has 0 bridgehead atoms. The Labute approximate surface area is 334 Å². The van der Waals surface area contributed by atoms with Crippen molar-refractivity contribution >= 4 is 58.5 Å². The van der Waals surface area contributed by atoms with E-state index in [2.05, 4.69) is 16.0 Å². The van der Waals surface area contributed by atoms with E-state index in [0.717, 1.165) is 11.1 Å². The van der Waals surface area contributed by atoms with Gasteiger partial charge in [0.15, 0.2) is 0 Å². The van der Waals surface area contributed by atoms with Crippen LogP contribution in [0.1, 0.15) is 32.3 Å². The van der Waals surface area contributed by atoms with Crippen molar-refractivity contribution in [3.8, 4) is 17.2 Å². The molecule has 0 aliphatic rings. The summed E-state index contributed by atoms with van der Waals surface area (Å²) in [4.78, 5) is 41.8. The standard InChI is InChI=1S/C45H38ClN3O6S/c1-53-40-28-41(54-2)38(27-37(40)46)48-45(52)42(32-15-8-4-9-16-32)56-36-20-12-19-34(26-36)47-44(51)39(49-43(50)33-17-10-5-11-18-33)25-30-21-23-35(24-22-30)55-29-31-13-6-3-7-14-31/h3-28,42H,29H2,1-2H3,(H,47,51)(H,48,52)(H,49,50)/b39-25+. The van der Waals surface area contributed by atoms with Gasteiger partial charge in [-0.1, -0.05) is 109 Å². The van der Waals surface area contributed by atoms with Crippen molar-refractivity contribution in [1.82, 2.24) is 5.32 Å². The van der Waals surface area contributed by atoms with Gasteiger partial charge in [0.1, 0.15) is 34.8 Å². The lowest BCUT2D eigenvalue weighted by Crippen LogP contribution is -2.30. The molecule has 11 heteroatoms. The van der Waals surface area contributed by atoms with Crippen molar-refractivity contribution in [3.05, 3.63) is 185 Å². The largest absolute Gasteiger partial charge is 0.495 e. The van der Waals surface area contributed by atoms with E-state index in [4.69, 9.17) is 25.8 Å². The summed E-state index contributed by atoms with van der Waals surface area (Å²) in [5, 5.41) is 8.27. The van der Waals surface area contributed by atoms with Crippen LogP contribution in [0.3, 0.4) is 0 Å². The van der Waals surface area contributed by atoms with Gasteiger partial charge in [0.25, 0.3) is 11.8 Å². The molecule has 6 aromatic rings. The molecule has 1 atom stereocenters. The van der Waals surface area contributed by atoms with Crippen molar-refractivity contribution in [2.75, 3.05) is 24.9 Å². The Hall–Kier alpha value is -6.49. The lowest BCUT2D eigenvalue weighted by molar-refractivity contribution is -0.116. The van der Waals surface area contributed by atoms with Gasteiger partial charge in [-0.25, -0.2) is 0 Å². The second-order valence-corrected chi connectivity index (χ2v) is 13.9. The van der Waals surface area contributed by atoms with Crippen molar-refractivity contribution in [2.24, 2.45) is 0 Å². The fourth-order valence-electron chi connectivity index (χ4n) is 5.55. The fourth-order valence-corrected chi connectivity index (χ4v) is 6.87. The van der Waals surface area contributed by atoms with Crippen LogP contribution in [0.5, 0.6) is 17.2 Å². The number of hydrogen-bond acceptors (Lipinski definition) is 7.